The van der Waals surface area contributed by atoms with E-state index in [-0.39, 0.29) is 28.2 Å². The summed E-state index contributed by atoms with van der Waals surface area (Å²) in [7, 11) is 0. The summed E-state index contributed by atoms with van der Waals surface area (Å²) in [6, 6.07) is 10.0. The first-order chi connectivity index (χ1) is 7.63. The molecule has 0 unspecified atom stereocenters. The second-order valence-electron chi connectivity index (χ2n) is 2.86. The van der Waals surface area contributed by atoms with Crippen LogP contribution < -0.4 is 5.11 Å². The van der Waals surface area contributed by atoms with Gasteiger partial charge in [0.05, 0.1) is 0 Å². The van der Waals surface area contributed by atoms with E-state index in [2.05, 4.69) is 0 Å². The Hall–Kier alpha value is -0.861. The van der Waals surface area contributed by atoms with Gasteiger partial charge in [0.15, 0.2) is 0 Å². The number of halogens is 2. The summed E-state index contributed by atoms with van der Waals surface area (Å²) in [4.78, 5) is 10.6. The number of hydrogen-bond donors (Lipinski definition) is 0. The molecule has 0 aromatic heterocycles. The molecule has 0 saturated heterocycles. The van der Waals surface area contributed by atoms with Crippen molar-refractivity contribution >= 4 is 28.4 Å². The molecule has 0 radical (unpaired) electrons. The molecule has 17 heavy (non-hydrogen) atoms. The van der Waals surface area contributed by atoms with Gasteiger partial charge in [-0.1, -0.05) is 12.2 Å². The van der Waals surface area contributed by atoms with Crippen molar-refractivity contribution in [1.82, 2.24) is 0 Å². The predicted octanol–water partition coefficient (Wildman–Crippen LogP) is 2.46. The maximum Gasteiger partial charge on any atom is 2.00 e. The molecular formula is C12H8Cl2FeO2. The van der Waals surface area contributed by atoms with Gasteiger partial charge in [0.2, 0.25) is 0 Å². The molecule has 0 N–H and O–H groups in total. The Morgan fingerprint density at radius 1 is 1.24 bits per heavy atom. The summed E-state index contributed by atoms with van der Waals surface area (Å²) in [5.74, 6) is 0. The van der Waals surface area contributed by atoms with E-state index in [1.165, 1.54) is 12.2 Å². The smallest absolute Gasteiger partial charge is 0.864 e. The van der Waals surface area contributed by atoms with E-state index in [0.29, 0.717) is 0 Å². The molecule has 1 aromatic carbocycles. The summed E-state index contributed by atoms with van der Waals surface area (Å²) in [5.41, 5.74) is 0.318. The monoisotopic (exact) mass is 310 g/mol. The molecule has 1 aliphatic rings. The van der Waals surface area contributed by atoms with Crippen molar-refractivity contribution < 1.29 is 27.0 Å². The van der Waals surface area contributed by atoms with Crippen molar-refractivity contribution in [2.75, 3.05) is 0 Å². The van der Waals surface area contributed by atoms with E-state index in [4.69, 9.17) is 23.2 Å². The van der Waals surface area contributed by atoms with E-state index in [0.717, 1.165) is 0 Å². The minimum Gasteiger partial charge on any atom is -0.864 e. The maximum atomic E-state index is 10.6. The third-order valence-corrected chi connectivity index (χ3v) is 2.20. The molecule has 0 atom stereocenters. The molecule has 1 aromatic rings. The van der Waals surface area contributed by atoms with Crippen LogP contribution in [0.5, 0.6) is 0 Å². The molecule has 0 saturated carbocycles. The van der Waals surface area contributed by atoms with E-state index < -0.39 is 10.5 Å². The van der Waals surface area contributed by atoms with Crippen LogP contribution in [0.15, 0.2) is 64.9 Å². The molecule has 0 spiro atoms. The zero-order valence-corrected chi connectivity index (χ0v) is 11.2. The molecule has 0 amide bonds. The number of carbonyl (C=O) groups is 1. The van der Waals surface area contributed by atoms with Crippen LogP contribution in [-0.4, -0.2) is 5.24 Å². The first kappa shape index (κ1) is 16.1. The van der Waals surface area contributed by atoms with E-state index in [1.54, 1.807) is 6.08 Å². The van der Waals surface area contributed by atoms with Gasteiger partial charge < -0.3 is 5.11 Å². The van der Waals surface area contributed by atoms with Gasteiger partial charge in [-0.2, -0.15) is 18.2 Å². The fourth-order valence-electron chi connectivity index (χ4n) is 1.08. The van der Waals surface area contributed by atoms with Gasteiger partial charge in [-0.15, -0.1) is 11.6 Å². The maximum absolute atomic E-state index is 10.6. The van der Waals surface area contributed by atoms with Crippen molar-refractivity contribution in [1.29, 1.82) is 0 Å². The van der Waals surface area contributed by atoms with Crippen LogP contribution in [-0.2, 0) is 21.9 Å². The normalized spacial score (nSPS) is 15.3. The Kier molecular flexibility index (Phi) is 7.84. The van der Waals surface area contributed by atoms with Crippen molar-refractivity contribution in [3.05, 3.63) is 64.9 Å². The van der Waals surface area contributed by atoms with E-state index in [1.807, 2.05) is 30.3 Å². The van der Waals surface area contributed by atoms with Crippen LogP contribution in [0.3, 0.4) is 0 Å². The topological polar surface area (TPSA) is 40.1 Å². The zero-order chi connectivity index (χ0) is 12.0. The second-order valence-corrected chi connectivity index (χ2v) is 3.55. The Bertz CT molecular complexity index is 424. The number of carbonyl (C=O) groups excluding carboxylic acids is 1. The van der Waals surface area contributed by atoms with Crippen LogP contribution in [0.25, 0.3) is 0 Å². The minimum absolute atomic E-state index is 0. The predicted molar refractivity (Wildman–Crippen MR) is 63.0 cm³/mol. The van der Waals surface area contributed by atoms with Gasteiger partial charge >= 0.3 is 17.1 Å². The van der Waals surface area contributed by atoms with Crippen LogP contribution in [0.1, 0.15) is 0 Å². The number of allylic oxidation sites excluding steroid dienone is 5. The summed E-state index contributed by atoms with van der Waals surface area (Å²) in [5, 5.41) is 9.25. The zero-order valence-electron chi connectivity index (χ0n) is 8.54. The Balaban J connectivity index is 0.000000360. The third kappa shape index (κ3) is 5.33. The average Bonchev–Trinajstić information content (AvgIpc) is 2.92. The first-order valence-corrected chi connectivity index (χ1v) is 5.20. The van der Waals surface area contributed by atoms with Gasteiger partial charge in [-0.3, -0.25) is 4.79 Å². The Morgan fingerprint density at radius 3 is 2.12 bits per heavy atom. The molecular weight excluding hydrogens is 303 g/mol. The first-order valence-electron chi connectivity index (χ1n) is 4.45. The third-order valence-electron chi connectivity index (χ3n) is 1.80. The van der Waals surface area contributed by atoms with Crippen LogP contribution in [0.4, 0.5) is 0 Å². The summed E-state index contributed by atoms with van der Waals surface area (Å²) in [6.45, 7) is 0. The van der Waals surface area contributed by atoms with Crippen LogP contribution in [0.2, 0.25) is 0 Å². The van der Waals surface area contributed by atoms with Crippen LogP contribution in [0, 0.1) is 0 Å². The summed E-state index contributed by atoms with van der Waals surface area (Å²) < 4.78 is 0. The van der Waals surface area contributed by atoms with Crippen molar-refractivity contribution in [3.63, 3.8) is 0 Å². The summed E-state index contributed by atoms with van der Waals surface area (Å²) >= 11 is 10.3. The van der Waals surface area contributed by atoms with Crippen molar-refractivity contribution in [3.8, 4) is 0 Å². The molecule has 0 heterocycles. The minimum atomic E-state index is -0.668. The van der Waals surface area contributed by atoms with Crippen LogP contribution >= 0.6 is 23.2 Å². The number of rotatable bonds is 1. The fourth-order valence-corrected chi connectivity index (χ4v) is 1.41. The average molecular weight is 311 g/mol. The van der Waals surface area contributed by atoms with Gasteiger partial charge in [0.25, 0.3) is 5.24 Å². The Labute approximate surface area is 120 Å². The van der Waals surface area contributed by atoms with Crippen molar-refractivity contribution in [2.24, 2.45) is 0 Å². The van der Waals surface area contributed by atoms with E-state index >= 15 is 0 Å². The SMILES string of the molecule is O=C(Cl)C1=CC=CC1=C([O-])Cl.[Fe+2].c1cc[cH-]c1. The molecule has 1 aliphatic carbocycles. The molecule has 0 fully saturated rings. The number of hydrogen-bond acceptors (Lipinski definition) is 2. The molecule has 90 valence electrons. The fraction of sp³-hybridized carbons (Fsp3) is 0. The van der Waals surface area contributed by atoms with Gasteiger partial charge in [-0.25, -0.2) is 12.1 Å². The van der Waals surface area contributed by atoms with Gasteiger partial charge in [0.1, 0.15) is 0 Å². The largest absolute Gasteiger partial charge is 2.00 e. The molecule has 5 heteroatoms. The Morgan fingerprint density at radius 2 is 1.82 bits per heavy atom. The van der Waals surface area contributed by atoms with Gasteiger partial charge in [-0.05, 0) is 28.5 Å². The van der Waals surface area contributed by atoms with Crippen molar-refractivity contribution in [2.45, 2.75) is 0 Å². The second kappa shape index (κ2) is 8.26. The van der Waals surface area contributed by atoms with Gasteiger partial charge in [0, 0.05) is 5.57 Å². The summed E-state index contributed by atoms with van der Waals surface area (Å²) in [6.07, 6.45) is 4.45. The molecule has 2 rings (SSSR count). The molecule has 2 nitrogen and oxygen atoms in total. The molecule has 0 bridgehead atoms. The quantitative estimate of drug-likeness (QED) is 0.346. The van der Waals surface area contributed by atoms with E-state index in [9.17, 15) is 9.90 Å². The molecule has 0 aliphatic heterocycles. The standard InChI is InChI=1S/C7H4Cl2O2.C5H5.Fe/c8-6(10)4-2-1-3-5(4)7(9)11;1-2-4-5-3-1;/h1-3,10H;1-5H;/q;-1;+2/p-1.